The van der Waals surface area contributed by atoms with E-state index < -0.39 is 0 Å². The third kappa shape index (κ3) is 3.64. The summed E-state index contributed by atoms with van der Waals surface area (Å²) in [5.74, 6) is 2.70. The van der Waals surface area contributed by atoms with Crippen molar-refractivity contribution in [3.05, 3.63) is 47.5 Å². The molecule has 0 radical (unpaired) electrons. The van der Waals surface area contributed by atoms with Crippen LogP contribution in [0.1, 0.15) is 49.7 Å². The minimum atomic E-state index is -0.0913. The molecule has 0 bridgehead atoms. The molecule has 2 aromatic rings. The average molecular weight is 355 g/mol. The van der Waals surface area contributed by atoms with Gasteiger partial charge in [0.05, 0.1) is 6.04 Å². The maximum absolute atomic E-state index is 6.00. The predicted octanol–water partition coefficient (Wildman–Crippen LogP) is 3.39. The first kappa shape index (κ1) is 17.6. The fourth-order valence-corrected chi connectivity index (χ4v) is 4.20. The fourth-order valence-electron chi connectivity index (χ4n) is 4.20. The lowest BCUT2D eigenvalue weighted by atomic mass is 9.90. The Morgan fingerprint density at radius 1 is 1.31 bits per heavy atom. The van der Waals surface area contributed by atoms with Crippen molar-refractivity contribution < 1.29 is 9.47 Å². The van der Waals surface area contributed by atoms with E-state index in [-0.39, 0.29) is 11.6 Å². The van der Waals surface area contributed by atoms with Gasteiger partial charge in [0.25, 0.3) is 0 Å². The molecule has 0 amide bonds. The summed E-state index contributed by atoms with van der Waals surface area (Å²) in [6.45, 7) is 6.82. The van der Waals surface area contributed by atoms with Gasteiger partial charge in [-0.1, -0.05) is 12.1 Å². The molecule has 26 heavy (non-hydrogen) atoms. The highest BCUT2D eigenvalue weighted by Gasteiger charge is 2.31. The summed E-state index contributed by atoms with van der Waals surface area (Å²) < 4.78 is 13.7. The van der Waals surface area contributed by atoms with Gasteiger partial charge in [-0.2, -0.15) is 0 Å². The number of aromatic nitrogens is 2. The lowest BCUT2D eigenvalue weighted by Gasteiger charge is -2.30. The van der Waals surface area contributed by atoms with Crippen LogP contribution in [-0.4, -0.2) is 28.4 Å². The van der Waals surface area contributed by atoms with Crippen LogP contribution in [0, 0.1) is 5.92 Å². The third-order valence-electron chi connectivity index (χ3n) is 5.53. The topological polar surface area (TPSA) is 48.3 Å². The first-order valence-corrected chi connectivity index (χ1v) is 9.61. The van der Waals surface area contributed by atoms with Gasteiger partial charge < -0.3 is 19.4 Å². The standard InChI is InChI=1S/C21H29N3O2/c1-21(2)13-17-12-15(4-5-18(17)26-21)14-23-19(16-6-10-25-11-7-16)20-22-8-9-24(20)3/h4-5,8-9,12,16,19,23H,6-7,10-11,13-14H2,1-3H3. The highest BCUT2D eigenvalue weighted by molar-refractivity contribution is 5.41. The van der Waals surface area contributed by atoms with E-state index in [0.29, 0.717) is 5.92 Å². The zero-order valence-corrected chi connectivity index (χ0v) is 16.0. The van der Waals surface area contributed by atoms with E-state index in [1.807, 2.05) is 12.4 Å². The summed E-state index contributed by atoms with van der Waals surface area (Å²) >= 11 is 0. The zero-order valence-electron chi connectivity index (χ0n) is 16.0. The Bertz CT molecular complexity index is 762. The molecule has 2 aliphatic heterocycles. The van der Waals surface area contributed by atoms with Crippen molar-refractivity contribution in [2.45, 2.75) is 51.3 Å². The lowest BCUT2D eigenvalue weighted by molar-refractivity contribution is 0.0518. The van der Waals surface area contributed by atoms with Crippen molar-refractivity contribution in [2.75, 3.05) is 13.2 Å². The molecule has 5 nitrogen and oxygen atoms in total. The van der Waals surface area contributed by atoms with Crippen LogP contribution in [0.4, 0.5) is 0 Å². The Balaban J connectivity index is 1.49. The Labute approximate surface area is 155 Å². The van der Waals surface area contributed by atoms with Crippen LogP contribution in [-0.2, 0) is 24.8 Å². The van der Waals surface area contributed by atoms with E-state index in [9.17, 15) is 0 Å². The van der Waals surface area contributed by atoms with E-state index in [4.69, 9.17) is 9.47 Å². The molecule has 4 rings (SSSR count). The Morgan fingerprint density at radius 2 is 2.12 bits per heavy atom. The number of nitrogens with zero attached hydrogens (tertiary/aromatic N) is 2. The van der Waals surface area contributed by atoms with Gasteiger partial charge in [-0.3, -0.25) is 0 Å². The van der Waals surface area contributed by atoms with Crippen LogP contribution >= 0.6 is 0 Å². The molecular formula is C21H29N3O2. The van der Waals surface area contributed by atoms with Crippen molar-refractivity contribution in [3.63, 3.8) is 0 Å². The summed E-state index contributed by atoms with van der Waals surface area (Å²) in [5.41, 5.74) is 2.52. The quantitative estimate of drug-likeness (QED) is 0.893. The summed E-state index contributed by atoms with van der Waals surface area (Å²) in [6.07, 6.45) is 7.04. The smallest absolute Gasteiger partial charge is 0.125 e. The molecule has 0 saturated carbocycles. The highest BCUT2D eigenvalue weighted by Crippen LogP contribution is 2.35. The van der Waals surface area contributed by atoms with Gasteiger partial charge in [0.1, 0.15) is 17.2 Å². The van der Waals surface area contributed by atoms with Crippen LogP contribution < -0.4 is 10.1 Å². The summed E-state index contributed by atoms with van der Waals surface area (Å²) in [7, 11) is 2.07. The van der Waals surface area contributed by atoms with Gasteiger partial charge in [-0.25, -0.2) is 4.98 Å². The van der Waals surface area contributed by atoms with Gasteiger partial charge in [0.2, 0.25) is 0 Å². The van der Waals surface area contributed by atoms with E-state index >= 15 is 0 Å². The molecule has 0 spiro atoms. The maximum atomic E-state index is 6.00. The zero-order chi connectivity index (χ0) is 18.1. The van der Waals surface area contributed by atoms with E-state index in [1.165, 1.54) is 11.1 Å². The summed E-state index contributed by atoms with van der Waals surface area (Å²) in [5, 5.41) is 3.78. The molecular weight excluding hydrogens is 326 g/mol. The van der Waals surface area contributed by atoms with Crippen LogP contribution in [0.2, 0.25) is 0 Å². The van der Waals surface area contributed by atoms with E-state index in [2.05, 4.69) is 54.0 Å². The number of nitrogens with one attached hydrogen (secondary N) is 1. The number of imidazole rings is 1. The molecule has 1 N–H and O–H groups in total. The molecule has 1 saturated heterocycles. The van der Waals surface area contributed by atoms with E-state index in [1.54, 1.807) is 0 Å². The van der Waals surface area contributed by atoms with Gasteiger partial charge in [-0.05, 0) is 49.8 Å². The number of rotatable bonds is 5. The number of fused-ring (bicyclic) bond motifs is 1. The molecule has 2 aliphatic rings. The number of hydrogen-bond acceptors (Lipinski definition) is 4. The number of hydrogen-bond donors (Lipinski definition) is 1. The van der Waals surface area contributed by atoms with Gasteiger partial charge in [0.15, 0.2) is 0 Å². The van der Waals surface area contributed by atoms with Crippen LogP contribution in [0.15, 0.2) is 30.6 Å². The van der Waals surface area contributed by atoms with Gasteiger partial charge in [0, 0.05) is 45.6 Å². The Morgan fingerprint density at radius 3 is 2.85 bits per heavy atom. The van der Waals surface area contributed by atoms with Crippen LogP contribution in [0.3, 0.4) is 0 Å². The number of aryl methyl sites for hydroxylation is 1. The molecule has 0 aliphatic carbocycles. The SMILES string of the molecule is Cn1ccnc1C(NCc1ccc2c(c1)CC(C)(C)O2)C1CCOCC1. The lowest BCUT2D eigenvalue weighted by Crippen LogP contribution is -2.33. The molecule has 5 heteroatoms. The van der Waals surface area contributed by atoms with Crippen molar-refractivity contribution in [1.29, 1.82) is 0 Å². The van der Waals surface area contributed by atoms with Gasteiger partial charge in [-0.15, -0.1) is 0 Å². The Kier molecular flexibility index (Phi) is 4.76. The predicted molar refractivity (Wildman–Crippen MR) is 101 cm³/mol. The van der Waals surface area contributed by atoms with Crippen molar-refractivity contribution in [2.24, 2.45) is 13.0 Å². The largest absolute Gasteiger partial charge is 0.487 e. The first-order chi connectivity index (χ1) is 12.5. The van der Waals surface area contributed by atoms with Crippen molar-refractivity contribution in [3.8, 4) is 5.75 Å². The molecule has 1 aromatic heterocycles. The molecule has 1 aromatic carbocycles. The minimum Gasteiger partial charge on any atom is -0.487 e. The van der Waals surface area contributed by atoms with Gasteiger partial charge >= 0.3 is 0 Å². The van der Waals surface area contributed by atoms with Crippen LogP contribution in [0.25, 0.3) is 0 Å². The Hall–Kier alpha value is -1.85. The minimum absolute atomic E-state index is 0.0913. The molecule has 3 heterocycles. The van der Waals surface area contributed by atoms with Crippen molar-refractivity contribution >= 4 is 0 Å². The van der Waals surface area contributed by atoms with Crippen LogP contribution in [0.5, 0.6) is 5.75 Å². The summed E-state index contributed by atoms with van der Waals surface area (Å²) in [4.78, 5) is 4.62. The maximum Gasteiger partial charge on any atom is 0.125 e. The number of ether oxygens (including phenoxy) is 2. The normalized spacial score (nSPS) is 20.6. The van der Waals surface area contributed by atoms with E-state index in [0.717, 1.165) is 50.6 Å². The molecule has 1 atom stereocenters. The fraction of sp³-hybridized carbons (Fsp3) is 0.571. The summed E-state index contributed by atoms with van der Waals surface area (Å²) in [6, 6.07) is 6.83. The number of benzene rings is 1. The highest BCUT2D eigenvalue weighted by atomic mass is 16.5. The molecule has 1 unspecified atom stereocenters. The van der Waals surface area contributed by atoms with Crippen molar-refractivity contribution in [1.82, 2.24) is 14.9 Å². The second-order valence-corrected chi connectivity index (χ2v) is 8.19. The molecule has 1 fully saturated rings. The second kappa shape index (κ2) is 7.05. The molecule has 140 valence electrons. The second-order valence-electron chi connectivity index (χ2n) is 8.19. The third-order valence-corrected chi connectivity index (χ3v) is 5.53. The first-order valence-electron chi connectivity index (χ1n) is 9.61. The average Bonchev–Trinajstić information content (AvgIpc) is 3.17. The monoisotopic (exact) mass is 355 g/mol.